The maximum Gasteiger partial charge on any atom is 0.494 e. The maximum absolute atomic E-state index is 6.35. The highest BCUT2D eigenvalue weighted by atomic mass is 16.7. The van der Waals surface area contributed by atoms with Gasteiger partial charge in [0.25, 0.3) is 0 Å². The van der Waals surface area contributed by atoms with Crippen molar-refractivity contribution in [1.82, 2.24) is 15.0 Å². The SMILES string of the molecule is CC1(C)OB(c2ccc(-c3cc4c5ccccc5c(-c5nc(-c6ccccc6)nc(-c6ccccc6)n5)cc4c4ccccc34)cc2)OC1(C)C. The van der Waals surface area contributed by atoms with Crippen LogP contribution in [0, 0.1) is 0 Å². The van der Waals surface area contributed by atoms with Crippen molar-refractivity contribution in [1.29, 1.82) is 0 Å². The van der Waals surface area contributed by atoms with Crippen LogP contribution in [0.4, 0.5) is 0 Å². The molecule has 7 aromatic carbocycles. The second-order valence-corrected chi connectivity index (χ2v) is 14.3. The molecule has 0 atom stereocenters. The number of fused-ring (bicyclic) bond motifs is 5. The van der Waals surface area contributed by atoms with Crippen LogP contribution in [0.15, 0.2) is 146 Å². The summed E-state index contributed by atoms with van der Waals surface area (Å²) in [6.07, 6.45) is 0. The fourth-order valence-corrected chi connectivity index (χ4v) is 7.10. The van der Waals surface area contributed by atoms with Crippen LogP contribution in [0.3, 0.4) is 0 Å². The van der Waals surface area contributed by atoms with Crippen LogP contribution in [0.5, 0.6) is 0 Å². The standard InChI is InChI=1S/C45H36BN3O2/c1-44(2)45(3,4)51-46(50-44)32-25-23-29(24-26-32)37-27-38-35-21-13-14-22-36(35)40(28-39(38)34-20-12-11-19-33(34)37)43-48-41(30-15-7-5-8-16-30)47-42(49-43)31-17-9-6-10-18-31/h5-28H,1-4H3. The van der Waals surface area contributed by atoms with Gasteiger partial charge >= 0.3 is 7.12 Å². The summed E-state index contributed by atoms with van der Waals surface area (Å²) < 4.78 is 12.7. The molecule has 1 saturated heterocycles. The highest BCUT2D eigenvalue weighted by Crippen LogP contribution is 2.42. The van der Waals surface area contributed by atoms with Crippen molar-refractivity contribution < 1.29 is 9.31 Å². The van der Waals surface area contributed by atoms with Crippen LogP contribution < -0.4 is 5.46 Å². The lowest BCUT2D eigenvalue weighted by molar-refractivity contribution is 0.00578. The van der Waals surface area contributed by atoms with Crippen molar-refractivity contribution in [3.63, 3.8) is 0 Å². The van der Waals surface area contributed by atoms with Crippen LogP contribution in [-0.4, -0.2) is 33.3 Å². The monoisotopic (exact) mass is 661 g/mol. The first-order valence-electron chi connectivity index (χ1n) is 17.5. The lowest BCUT2D eigenvalue weighted by atomic mass is 9.78. The third kappa shape index (κ3) is 5.39. The normalized spacial score (nSPS) is 15.2. The van der Waals surface area contributed by atoms with Gasteiger partial charge in [-0.15, -0.1) is 0 Å². The average Bonchev–Trinajstić information content (AvgIpc) is 3.40. The molecule has 0 spiro atoms. The topological polar surface area (TPSA) is 57.1 Å². The zero-order valence-corrected chi connectivity index (χ0v) is 29.1. The number of benzene rings is 7. The van der Waals surface area contributed by atoms with Crippen molar-refractivity contribution in [3.8, 4) is 45.3 Å². The first kappa shape index (κ1) is 31.3. The summed E-state index contributed by atoms with van der Waals surface area (Å²) in [5.74, 6) is 1.94. The van der Waals surface area contributed by atoms with Crippen LogP contribution in [-0.2, 0) is 9.31 Å². The Labute approximate surface area is 298 Å². The molecule has 1 aliphatic heterocycles. The van der Waals surface area contributed by atoms with Crippen LogP contribution in [0.2, 0.25) is 0 Å². The van der Waals surface area contributed by atoms with Gasteiger partial charge in [-0.3, -0.25) is 0 Å². The Bertz CT molecular complexity index is 2510. The highest BCUT2D eigenvalue weighted by Gasteiger charge is 2.51. The molecule has 8 aromatic rings. The van der Waals surface area contributed by atoms with E-state index in [2.05, 4.69) is 113 Å². The number of hydrogen-bond donors (Lipinski definition) is 0. The van der Waals surface area contributed by atoms with Crippen LogP contribution in [0.1, 0.15) is 27.7 Å². The van der Waals surface area contributed by atoms with E-state index in [-0.39, 0.29) is 0 Å². The van der Waals surface area contributed by atoms with Crippen molar-refractivity contribution in [2.24, 2.45) is 0 Å². The van der Waals surface area contributed by atoms with Gasteiger partial charge in [-0.1, -0.05) is 133 Å². The van der Waals surface area contributed by atoms with E-state index in [1.807, 2.05) is 60.7 Å². The summed E-state index contributed by atoms with van der Waals surface area (Å²) in [5, 5.41) is 6.92. The van der Waals surface area contributed by atoms with E-state index in [4.69, 9.17) is 24.3 Å². The van der Waals surface area contributed by atoms with Gasteiger partial charge < -0.3 is 9.31 Å². The van der Waals surface area contributed by atoms with Gasteiger partial charge in [0.1, 0.15) is 0 Å². The molecular weight excluding hydrogens is 625 g/mol. The second-order valence-electron chi connectivity index (χ2n) is 14.3. The minimum atomic E-state index is -0.403. The number of hydrogen-bond acceptors (Lipinski definition) is 5. The van der Waals surface area contributed by atoms with Crippen LogP contribution >= 0.6 is 0 Å². The van der Waals surface area contributed by atoms with E-state index in [0.29, 0.717) is 17.5 Å². The lowest BCUT2D eigenvalue weighted by Gasteiger charge is -2.32. The average molecular weight is 662 g/mol. The second kappa shape index (κ2) is 12.0. The molecule has 0 aliphatic carbocycles. The van der Waals surface area contributed by atoms with Gasteiger partial charge in [-0.25, -0.2) is 15.0 Å². The zero-order valence-electron chi connectivity index (χ0n) is 29.1. The molecule has 5 nitrogen and oxygen atoms in total. The quantitative estimate of drug-likeness (QED) is 0.136. The first-order chi connectivity index (χ1) is 24.8. The van der Waals surface area contributed by atoms with E-state index in [0.717, 1.165) is 43.9 Å². The van der Waals surface area contributed by atoms with Gasteiger partial charge in [0.15, 0.2) is 17.5 Å². The molecule has 0 bridgehead atoms. The predicted octanol–water partition coefficient (Wildman–Crippen LogP) is 10.3. The molecule has 51 heavy (non-hydrogen) atoms. The van der Waals surface area contributed by atoms with Gasteiger partial charge in [-0.05, 0) is 88.7 Å². The van der Waals surface area contributed by atoms with Crippen molar-refractivity contribution in [2.45, 2.75) is 38.9 Å². The maximum atomic E-state index is 6.35. The van der Waals surface area contributed by atoms with Gasteiger partial charge in [0, 0.05) is 16.7 Å². The minimum Gasteiger partial charge on any atom is -0.399 e. The Hall–Kier alpha value is -5.69. The molecule has 1 aliphatic rings. The number of aromatic nitrogens is 3. The smallest absolute Gasteiger partial charge is 0.399 e. The summed E-state index contributed by atoms with van der Waals surface area (Å²) in [6.45, 7) is 8.35. The van der Waals surface area contributed by atoms with E-state index < -0.39 is 18.3 Å². The van der Waals surface area contributed by atoms with E-state index >= 15 is 0 Å². The summed E-state index contributed by atoms with van der Waals surface area (Å²) in [4.78, 5) is 15.2. The zero-order chi connectivity index (χ0) is 34.7. The van der Waals surface area contributed by atoms with Crippen molar-refractivity contribution in [3.05, 3.63) is 146 Å². The van der Waals surface area contributed by atoms with Crippen LogP contribution in [0.25, 0.3) is 77.6 Å². The molecular formula is C45H36BN3O2. The molecule has 2 heterocycles. The van der Waals surface area contributed by atoms with Gasteiger partial charge in [0.05, 0.1) is 11.2 Å². The fraction of sp³-hybridized carbons (Fsp3) is 0.133. The fourth-order valence-electron chi connectivity index (χ4n) is 7.10. The third-order valence-corrected chi connectivity index (χ3v) is 10.6. The molecule has 0 unspecified atom stereocenters. The molecule has 9 rings (SSSR count). The first-order valence-corrected chi connectivity index (χ1v) is 17.5. The molecule has 1 fully saturated rings. The summed E-state index contributed by atoms with van der Waals surface area (Å²) in [6, 6.07) is 50.7. The highest BCUT2D eigenvalue weighted by molar-refractivity contribution is 6.62. The molecule has 0 saturated carbocycles. The molecule has 0 radical (unpaired) electrons. The van der Waals surface area contributed by atoms with E-state index in [9.17, 15) is 0 Å². The molecule has 246 valence electrons. The molecule has 0 N–H and O–H groups in total. The Morgan fingerprint density at radius 2 is 0.804 bits per heavy atom. The Morgan fingerprint density at radius 3 is 1.31 bits per heavy atom. The van der Waals surface area contributed by atoms with E-state index in [1.165, 1.54) is 21.7 Å². The van der Waals surface area contributed by atoms with Gasteiger partial charge in [0.2, 0.25) is 0 Å². The number of nitrogens with zero attached hydrogens (tertiary/aromatic N) is 3. The Morgan fingerprint density at radius 1 is 0.392 bits per heavy atom. The van der Waals surface area contributed by atoms with Crippen molar-refractivity contribution >= 4 is 44.9 Å². The largest absolute Gasteiger partial charge is 0.494 e. The van der Waals surface area contributed by atoms with E-state index in [1.54, 1.807) is 0 Å². The summed E-state index contributed by atoms with van der Waals surface area (Å²) >= 11 is 0. The Kier molecular flexibility index (Phi) is 7.35. The Balaban J connectivity index is 1.24. The summed E-state index contributed by atoms with van der Waals surface area (Å²) in [7, 11) is -0.403. The molecule has 1 aromatic heterocycles. The molecule has 6 heteroatoms. The van der Waals surface area contributed by atoms with Gasteiger partial charge in [-0.2, -0.15) is 0 Å². The molecule has 0 amide bonds. The predicted molar refractivity (Wildman–Crippen MR) is 210 cm³/mol. The van der Waals surface area contributed by atoms with Crippen molar-refractivity contribution in [2.75, 3.05) is 0 Å². The summed E-state index contributed by atoms with van der Waals surface area (Å²) in [5.41, 5.74) is 5.41. The lowest BCUT2D eigenvalue weighted by Crippen LogP contribution is -2.41. The number of rotatable bonds is 5. The third-order valence-electron chi connectivity index (χ3n) is 10.6. The minimum absolute atomic E-state index is 0.391.